The third-order valence-electron chi connectivity index (χ3n) is 9.56. The van der Waals surface area contributed by atoms with E-state index < -0.39 is 35.6 Å². The number of carbonyl (C=O) groups is 2. The fraction of sp³-hybridized carbons (Fsp3) is 0.316. The van der Waals surface area contributed by atoms with E-state index in [4.69, 9.17) is 23.2 Å². The van der Waals surface area contributed by atoms with E-state index >= 15 is 0 Å². The van der Waals surface area contributed by atoms with Gasteiger partial charge in [-0.25, -0.2) is 0 Å². The predicted molar refractivity (Wildman–Crippen MR) is 184 cm³/mol. The van der Waals surface area contributed by atoms with Gasteiger partial charge in [0.05, 0.1) is 18.2 Å². The summed E-state index contributed by atoms with van der Waals surface area (Å²) in [4.78, 5) is 33.4. The summed E-state index contributed by atoms with van der Waals surface area (Å²) < 4.78 is 0. The lowest BCUT2D eigenvalue weighted by atomic mass is 9.63. The molecular weight excluding hydrogens is 617 g/mol. The molecule has 0 aromatic heterocycles. The number of rotatable bonds is 8. The van der Waals surface area contributed by atoms with Crippen molar-refractivity contribution in [3.8, 4) is 0 Å². The standard InChI is InChI=1S/C38H39Cl2N3O3/c1-23(2)20-31-38(29-19-18-28(40)22-30(29)41-37(38)46)32(26-16-11-17-27(39)21-26)34(36(45)42(3)4)43(31)33(24-12-7-5-8-13-24)35(44)25-14-9-6-10-15-25/h5-19,21-23,31-35,44H,20H2,1-4H3,(H,41,46). The molecule has 4 aromatic carbocycles. The molecule has 4 aromatic rings. The molecule has 8 heteroatoms. The lowest BCUT2D eigenvalue weighted by molar-refractivity contribution is -0.136. The number of fused-ring (bicyclic) bond motifs is 2. The molecule has 1 spiro atoms. The van der Waals surface area contributed by atoms with Crippen molar-refractivity contribution in [3.63, 3.8) is 0 Å². The van der Waals surface area contributed by atoms with Crippen molar-refractivity contribution >= 4 is 40.7 Å². The SMILES string of the molecule is CC(C)CC1N(C(c2ccccc2)C(O)c2ccccc2)C(C(=O)N(C)C)C(c2cccc(Cl)c2)C12C(=O)Nc1cc(Cl)ccc12. The van der Waals surface area contributed by atoms with Gasteiger partial charge in [-0.3, -0.25) is 14.5 Å². The molecule has 2 amide bonds. The molecule has 238 valence electrons. The number of amides is 2. The first-order chi connectivity index (χ1) is 22.0. The number of benzene rings is 4. The molecule has 2 N–H and O–H groups in total. The molecule has 6 unspecified atom stereocenters. The second kappa shape index (κ2) is 12.8. The summed E-state index contributed by atoms with van der Waals surface area (Å²) in [6.45, 7) is 4.25. The van der Waals surface area contributed by atoms with E-state index in [1.807, 2.05) is 91.0 Å². The van der Waals surface area contributed by atoms with Crippen molar-refractivity contribution in [2.24, 2.45) is 5.92 Å². The first kappa shape index (κ1) is 32.3. The highest BCUT2D eigenvalue weighted by atomic mass is 35.5. The Morgan fingerprint density at radius 3 is 2.13 bits per heavy atom. The van der Waals surface area contributed by atoms with Crippen molar-refractivity contribution in [1.82, 2.24) is 9.80 Å². The zero-order valence-electron chi connectivity index (χ0n) is 26.4. The van der Waals surface area contributed by atoms with Gasteiger partial charge < -0.3 is 15.3 Å². The lowest BCUT2D eigenvalue weighted by Crippen LogP contribution is -2.52. The van der Waals surface area contributed by atoms with E-state index in [0.717, 1.165) is 22.3 Å². The highest BCUT2D eigenvalue weighted by molar-refractivity contribution is 6.31. The smallest absolute Gasteiger partial charge is 0.240 e. The van der Waals surface area contributed by atoms with Crippen molar-refractivity contribution in [3.05, 3.63) is 135 Å². The summed E-state index contributed by atoms with van der Waals surface area (Å²) in [6, 6.07) is 30.3. The Kier molecular flexibility index (Phi) is 9.01. The molecule has 1 saturated heterocycles. The van der Waals surface area contributed by atoms with Crippen LogP contribution < -0.4 is 5.32 Å². The average Bonchev–Trinajstić information content (AvgIpc) is 3.48. The summed E-state index contributed by atoms with van der Waals surface area (Å²) in [6.07, 6.45) is -0.436. The molecule has 2 heterocycles. The van der Waals surface area contributed by atoms with Gasteiger partial charge in [-0.1, -0.05) is 116 Å². The van der Waals surface area contributed by atoms with Crippen LogP contribution in [0.2, 0.25) is 10.0 Å². The summed E-state index contributed by atoms with van der Waals surface area (Å²) in [5.74, 6) is -0.860. The summed E-state index contributed by atoms with van der Waals surface area (Å²) in [5, 5.41) is 16.6. The maximum absolute atomic E-state index is 14.9. The van der Waals surface area contributed by atoms with Gasteiger partial charge in [0.25, 0.3) is 0 Å². The van der Waals surface area contributed by atoms with E-state index in [0.29, 0.717) is 22.2 Å². The van der Waals surface area contributed by atoms with Crippen LogP contribution in [0.3, 0.4) is 0 Å². The quantitative estimate of drug-likeness (QED) is 0.205. The third kappa shape index (κ3) is 5.41. The summed E-state index contributed by atoms with van der Waals surface area (Å²) >= 11 is 13.1. The van der Waals surface area contributed by atoms with Gasteiger partial charge in [-0.05, 0) is 58.9 Å². The van der Waals surface area contributed by atoms with Crippen LogP contribution in [0.1, 0.15) is 60.6 Å². The Morgan fingerprint density at radius 1 is 0.891 bits per heavy atom. The second-order valence-electron chi connectivity index (χ2n) is 13.0. The molecular formula is C38H39Cl2N3O3. The number of likely N-dealkylation sites (N-methyl/N-ethyl adjacent to an activating group) is 1. The molecule has 0 saturated carbocycles. The minimum Gasteiger partial charge on any atom is -0.386 e. The zero-order chi connectivity index (χ0) is 32.7. The van der Waals surface area contributed by atoms with Gasteiger partial charge in [0.1, 0.15) is 5.41 Å². The van der Waals surface area contributed by atoms with Gasteiger partial charge in [0.2, 0.25) is 11.8 Å². The number of hydrogen-bond donors (Lipinski definition) is 2. The number of hydrogen-bond acceptors (Lipinski definition) is 4. The van der Waals surface area contributed by atoms with Crippen LogP contribution >= 0.6 is 23.2 Å². The maximum Gasteiger partial charge on any atom is 0.240 e. The second-order valence-corrected chi connectivity index (χ2v) is 13.9. The molecule has 0 aliphatic carbocycles. The van der Waals surface area contributed by atoms with Gasteiger partial charge in [-0.2, -0.15) is 0 Å². The third-order valence-corrected chi connectivity index (χ3v) is 10.0. The van der Waals surface area contributed by atoms with Crippen molar-refractivity contribution < 1.29 is 14.7 Å². The van der Waals surface area contributed by atoms with Crippen LogP contribution in [0.4, 0.5) is 5.69 Å². The number of aliphatic hydroxyl groups excluding tert-OH is 1. The first-order valence-electron chi connectivity index (χ1n) is 15.7. The molecule has 1 fully saturated rings. The van der Waals surface area contributed by atoms with Crippen LogP contribution in [-0.2, 0) is 15.0 Å². The summed E-state index contributed by atoms with van der Waals surface area (Å²) in [7, 11) is 3.48. The number of carbonyl (C=O) groups excluding carboxylic acids is 2. The molecule has 6 rings (SSSR count). The maximum atomic E-state index is 14.9. The van der Waals surface area contributed by atoms with Gasteiger partial charge in [0.15, 0.2) is 0 Å². The molecule has 6 nitrogen and oxygen atoms in total. The van der Waals surface area contributed by atoms with E-state index in [1.165, 1.54) is 0 Å². The van der Waals surface area contributed by atoms with Crippen molar-refractivity contribution in [2.45, 2.75) is 55.8 Å². The van der Waals surface area contributed by atoms with Crippen LogP contribution in [0, 0.1) is 5.92 Å². The molecule has 0 bridgehead atoms. The molecule has 2 aliphatic heterocycles. The molecule has 2 aliphatic rings. The molecule has 46 heavy (non-hydrogen) atoms. The van der Waals surface area contributed by atoms with Gasteiger partial charge in [-0.15, -0.1) is 0 Å². The van der Waals surface area contributed by atoms with E-state index in [1.54, 1.807) is 31.1 Å². The summed E-state index contributed by atoms with van der Waals surface area (Å²) in [5.41, 5.74) is 2.56. The Morgan fingerprint density at radius 2 is 1.52 bits per heavy atom. The van der Waals surface area contributed by atoms with E-state index in [-0.39, 0.29) is 17.7 Å². The Bertz CT molecular complexity index is 1730. The number of halogens is 2. The average molecular weight is 657 g/mol. The van der Waals surface area contributed by atoms with E-state index in [9.17, 15) is 14.7 Å². The van der Waals surface area contributed by atoms with Crippen LogP contribution in [0.25, 0.3) is 0 Å². The Hall–Kier alpha value is -3.68. The van der Waals surface area contributed by atoms with Gasteiger partial charge in [0, 0.05) is 41.8 Å². The van der Waals surface area contributed by atoms with Crippen LogP contribution in [0.15, 0.2) is 103 Å². The van der Waals surface area contributed by atoms with Crippen LogP contribution in [-0.4, -0.2) is 52.9 Å². The number of nitrogens with one attached hydrogen (secondary N) is 1. The van der Waals surface area contributed by atoms with Crippen molar-refractivity contribution in [2.75, 3.05) is 19.4 Å². The number of anilines is 1. The minimum absolute atomic E-state index is 0.145. The number of aliphatic hydroxyl groups is 1. The monoisotopic (exact) mass is 655 g/mol. The Labute approximate surface area is 280 Å². The first-order valence-corrected chi connectivity index (χ1v) is 16.4. The van der Waals surface area contributed by atoms with Gasteiger partial charge >= 0.3 is 0 Å². The minimum atomic E-state index is -1.21. The molecule has 6 atom stereocenters. The topological polar surface area (TPSA) is 72.9 Å². The molecule has 0 radical (unpaired) electrons. The number of likely N-dealkylation sites (tertiary alicyclic amines) is 1. The van der Waals surface area contributed by atoms with Crippen molar-refractivity contribution in [1.29, 1.82) is 0 Å². The van der Waals surface area contributed by atoms with E-state index in [2.05, 4.69) is 24.1 Å². The largest absolute Gasteiger partial charge is 0.386 e. The lowest BCUT2D eigenvalue weighted by Gasteiger charge is -2.43. The van der Waals surface area contributed by atoms with Crippen LogP contribution in [0.5, 0.6) is 0 Å². The highest BCUT2D eigenvalue weighted by Crippen LogP contribution is 2.62. The highest BCUT2D eigenvalue weighted by Gasteiger charge is 2.70. The predicted octanol–water partition coefficient (Wildman–Crippen LogP) is 7.63. The fourth-order valence-corrected chi connectivity index (χ4v) is 8.20. The zero-order valence-corrected chi connectivity index (χ0v) is 27.9. The normalized spacial score (nSPS) is 23.7. The number of nitrogens with zero attached hydrogens (tertiary/aromatic N) is 2. The fourth-order valence-electron chi connectivity index (χ4n) is 7.83. The Balaban J connectivity index is 1.73.